The molecule has 14 nitrogen and oxygen atoms in total. The average Bonchev–Trinajstić information content (AvgIpc) is 3.45. The Morgan fingerprint density at radius 2 is 1.94 bits per heavy atom. The smallest absolute Gasteiger partial charge is 0.328 e. The van der Waals surface area contributed by atoms with Crippen LogP contribution in [0.25, 0.3) is 0 Å². The number of carboxylic acid groups (broad SMARTS) is 2. The summed E-state index contributed by atoms with van der Waals surface area (Å²) in [4.78, 5) is 68.2. The number of nitrogens with two attached hydrogens (primary N) is 1. The molecule has 0 aliphatic carbocycles. The quantitative estimate of drug-likeness (QED) is 0.166. The van der Waals surface area contributed by atoms with E-state index in [1.165, 1.54) is 17.4 Å². The molecular formula is C19H28N6O8. The molecule has 8 N–H and O–H groups in total. The molecule has 1 aliphatic rings. The number of H-pyrrole nitrogens is 1. The topological polar surface area (TPSA) is 228 Å². The van der Waals surface area contributed by atoms with Crippen LogP contribution in [0.4, 0.5) is 0 Å². The van der Waals surface area contributed by atoms with E-state index < -0.39 is 66.9 Å². The van der Waals surface area contributed by atoms with Crippen molar-refractivity contribution in [2.24, 2.45) is 5.73 Å². The molecule has 0 spiro atoms. The van der Waals surface area contributed by atoms with E-state index in [-0.39, 0.29) is 25.8 Å². The van der Waals surface area contributed by atoms with Crippen LogP contribution in [0.2, 0.25) is 0 Å². The number of aliphatic carboxylic acids is 2. The third kappa shape index (κ3) is 7.25. The molecule has 0 radical (unpaired) electrons. The van der Waals surface area contributed by atoms with Crippen molar-refractivity contribution >= 4 is 29.7 Å². The highest BCUT2D eigenvalue weighted by atomic mass is 16.4. The van der Waals surface area contributed by atoms with E-state index in [4.69, 9.17) is 21.1 Å². The van der Waals surface area contributed by atoms with Gasteiger partial charge >= 0.3 is 11.9 Å². The number of aliphatic hydroxyl groups excluding tert-OH is 1. The maximum atomic E-state index is 13.2. The fourth-order valence-corrected chi connectivity index (χ4v) is 3.49. The summed E-state index contributed by atoms with van der Waals surface area (Å²) in [6.07, 6.45) is 3.07. The van der Waals surface area contributed by atoms with Crippen LogP contribution >= 0.6 is 0 Å². The van der Waals surface area contributed by atoms with E-state index >= 15 is 0 Å². The highest BCUT2D eigenvalue weighted by molar-refractivity contribution is 5.94. The van der Waals surface area contributed by atoms with Gasteiger partial charge in [0, 0.05) is 31.3 Å². The molecule has 4 atom stereocenters. The molecule has 1 fully saturated rings. The first-order valence-electron chi connectivity index (χ1n) is 10.3. The largest absolute Gasteiger partial charge is 0.481 e. The highest BCUT2D eigenvalue weighted by Gasteiger charge is 2.39. The number of hydrogen-bond donors (Lipinski definition) is 7. The molecule has 14 heteroatoms. The summed E-state index contributed by atoms with van der Waals surface area (Å²) >= 11 is 0. The number of carbonyl (C=O) groups is 5. The van der Waals surface area contributed by atoms with Gasteiger partial charge in [-0.1, -0.05) is 0 Å². The number of likely N-dealkylation sites (tertiary alicyclic amines) is 1. The first kappa shape index (κ1) is 25.7. The standard InChI is InChI=1S/C19H28N6O8/c20-11(6-10-7-21-9-22-10)16(29)23-12(3-4-15(27)28)18(31)25-5-1-2-14(25)17(30)24-13(8-26)19(32)33/h7,9,11-14,26H,1-6,8,20H2,(H,21,22)(H,23,29)(H,24,30)(H,27,28)(H,32,33). The lowest BCUT2D eigenvalue weighted by atomic mass is 10.1. The number of nitrogens with zero attached hydrogens (tertiary/aromatic N) is 2. The fourth-order valence-electron chi connectivity index (χ4n) is 3.49. The van der Waals surface area contributed by atoms with Gasteiger partial charge in [0.2, 0.25) is 17.7 Å². The Morgan fingerprint density at radius 1 is 1.21 bits per heavy atom. The third-order valence-corrected chi connectivity index (χ3v) is 5.23. The van der Waals surface area contributed by atoms with Crippen molar-refractivity contribution in [1.29, 1.82) is 0 Å². The third-order valence-electron chi connectivity index (χ3n) is 5.23. The van der Waals surface area contributed by atoms with E-state index in [0.29, 0.717) is 12.1 Å². The van der Waals surface area contributed by atoms with Gasteiger partial charge in [0.1, 0.15) is 18.1 Å². The van der Waals surface area contributed by atoms with Crippen LogP contribution < -0.4 is 16.4 Å². The minimum atomic E-state index is -1.53. The summed E-state index contributed by atoms with van der Waals surface area (Å²) in [7, 11) is 0. The van der Waals surface area contributed by atoms with Gasteiger partial charge in [0.05, 0.1) is 19.0 Å². The van der Waals surface area contributed by atoms with Crippen molar-refractivity contribution in [3.8, 4) is 0 Å². The van der Waals surface area contributed by atoms with Gasteiger partial charge in [-0.15, -0.1) is 0 Å². The number of carboxylic acids is 2. The summed E-state index contributed by atoms with van der Waals surface area (Å²) in [6, 6.07) is -4.83. The molecule has 1 saturated heterocycles. The van der Waals surface area contributed by atoms with Gasteiger partial charge in [-0.2, -0.15) is 0 Å². The lowest BCUT2D eigenvalue weighted by Gasteiger charge is -2.29. The molecule has 2 rings (SSSR count). The van der Waals surface area contributed by atoms with Crippen LogP contribution in [-0.4, -0.2) is 97.2 Å². The summed E-state index contributed by atoms with van der Waals surface area (Å²) < 4.78 is 0. The number of hydrogen-bond acceptors (Lipinski definition) is 8. The van der Waals surface area contributed by atoms with Gasteiger partial charge < -0.3 is 41.6 Å². The molecular weight excluding hydrogens is 440 g/mol. The minimum Gasteiger partial charge on any atom is -0.481 e. The predicted octanol–water partition coefficient (Wildman–Crippen LogP) is -2.82. The Hall–Kier alpha value is -3.52. The van der Waals surface area contributed by atoms with Crippen molar-refractivity contribution in [1.82, 2.24) is 25.5 Å². The Labute approximate surface area is 188 Å². The summed E-state index contributed by atoms with van der Waals surface area (Å²) in [6.45, 7) is -0.666. The summed E-state index contributed by atoms with van der Waals surface area (Å²) in [5.74, 6) is -4.72. The van der Waals surface area contributed by atoms with E-state index in [2.05, 4.69) is 20.6 Å². The first-order valence-corrected chi connectivity index (χ1v) is 10.3. The number of rotatable bonds is 12. The van der Waals surface area contributed by atoms with Crippen molar-refractivity contribution in [2.75, 3.05) is 13.2 Å². The average molecular weight is 468 g/mol. The SMILES string of the molecule is NC(Cc1cnc[nH]1)C(=O)NC(CCC(=O)O)C(=O)N1CCCC1C(=O)NC(CO)C(=O)O. The van der Waals surface area contributed by atoms with Gasteiger partial charge in [0.15, 0.2) is 0 Å². The van der Waals surface area contributed by atoms with Crippen LogP contribution in [0.3, 0.4) is 0 Å². The van der Waals surface area contributed by atoms with Crippen molar-refractivity contribution < 1.29 is 39.3 Å². The maximum Gasteiger partial charge on any atom is 0.328 e. The van der Waals surface area contributed by atoms with Gasteiger partial charge in [-0.3, -0.25) is 19.2 Å². The zero-order valence-corrected chi connectivity index (χ0v) is 17.8. The van der Waals surface area contributed by atoms with Crippen LogP contribution in [-0.2, 0) is 30.4 Å². The lowest BCUT2D eigenvalue weighted by Crippen LogP contribution is -2.57. The number of aromatic amines is 1. The van der Waals surface area contributed by atoms with Gasteiger partial charge in [-0.05, 0) is 19.3 Å². The number of carbonyl (C=O) groups excluding carboxylic acids is 3. The normalized spacial score (nSPS) is 18.2. The zero-order valence-electron chi connectivity index (χ0n) is 17.8. The first-order chi connectivity index (χ1) is 15.6. The molecule has 0 saturated carbocycles. The number of amides is 3. The molecule has 3 amide bonds. The monoisotopic (exact) mass is 468 g/mol. The van der Waals surface area contributed by atoms with E-state index in [9.17, 15) is 24.0 Å². The maximum absolute atomic E-state index is 13.2. The summed E-state index contributed by atoms with van der Waals surface area (Å²) in [5, 5.41) is 31.8. The van der Waals surface area contributed by atoms with Gasteiger partial charge in [0.25, 0.3) is 0 Å². The Balaban J connectivity index is 2.10. The Morgan fingerprint density at radius 3 is 2.52 bits per heavy atom. The molecule has 33 heavy (non-hydrogen) atoms. The number of imidazole rings is 1. The number of aromatic nitrogens is 2. The Kier molecular flexibility index (Phi) is 9.30. The molecule has 0 bridgehead atoms. The summed E-state index contributed by atoms with van der Waals surface area (Å²) in [5.41, 5.74) is 6.49. The number of nitrogens with one attached hydrogen (secondary N) is 3. The second-order valence-corrected chi connectivity index (χ2v) is 7.65. The molecule has 2 heterocycles. The second-order valence-electron chi connectivity index (χ2n) is 7.65. The van der Waals surface area contributed by atoms with E-state index in [0.717, 1.165) is 0 Å². The molecule has 1 aromatic heterocycles. The van der Waals surface area contributed by atoms with Crippen LogP contribution in [0, 0.1) is 0 Å². The fraction of sp³-hybridized carbons (Fsp3) is 0.579. The molecule has 182 valence electrons. The molecule has 1 aromatic rings. The van der Waals surface area contributed by atoms with Crippen LogP contribution in [0.5, 0.6) is 0 Å². The Bertz CT molecular complexity index is 860. The van der Waals surface area contributed by atoms with E-state index in [1.807, 2.05) is 0 Å². The van der Waals surface area contributed by atoms with Crippen LogP contribution in [0.1, 0.15) is 31.4 Å². The predicted molar refractivity (Wildman–Crippen MR) is 110 cm³/mol. The lowest BCUT2D eigenvalue weighted by molar-refractivity contribution is -0.145. The van der Waals surface area contributed by atoms with Crippen molar-refractivity contribution in [2.45, 2.75) is 56.3 Å². The minimum absolute atomic E-state index is 0.109. The molecule has 1 aliphatic heterocycles. The van der Waals surface area contributed by atoms with Gasteiger partial charge in [-0.25, -0.2) is 9.78 Å². The highest BCUT2D eigenvalue weighted by Crippen LogP contribution is 2.20. The second kappa shape index (κ2) is 11.9. The van der Waals surface area contributed by atoms with Crippen LogP contribution in [0.15, 0.2) is 12.5 Å². The molecule has 4 unspecified atom stereocenters. The van der Waals surface area contributed by atoms with Crippen molar-refractivity contribution in [3.05, 3.63) is 18.2 Å². The number of aliphatic hydroxyl groups is 1. The zero-order chi connectivity index (χ0) is 24.5. The molecule has 0 aromatic carbocycles. The van der Waals surface area contributed by atoms with Crippen molar-refractivity contribution in [3.63, 3.8) is 0 Å². The van der Waals surface area contributed by atoms with E-state index in [1.54, 1.807) is 0 Å².